The number of nitrogen functional groups attached to an aromatic ring is 2. The van der Waals surface area contributed by atoms with Crippen LogP contribution in [0.4, 0.5) is 11.8 Å². The number of aromatic nitrogens is 8. The molecule has 6 heterocycles. The molecular formula is C24H31N10O9P2S2+. The summed E-state index contributed by atoms with van der Waals surface area (Å²) in [7, 11) is -2.38. The molecule has 0 aromatic carbocycles. The summed E-state index contributed by atoms with van der Waals surface area (Å²) >= 11 is 10.0. The normalized spacial score (nSPS) is 40.4. The predicted molar refractivity (Wildman–Crippen MR) is 172 cm³/mol. The van der Waals surface area contributed by atoms with E-state index < -0.39 is 55.5 Å². The number of hydrogen-bond donors (Lipinski definition) is 6. The fraction of sp³-hybridized carbons (Fsp3) is 0.583. The highest BCUT2D eigenvalue weighted by Crippen LogP contribution is 2.76. The molecule has 2 saturated carbocycles. The highest BCUT2D eigenvalue weighted by Gasteiger charge is 2.74. The molecule has 4 fully saturated rings. The van der Waals surface area contributed by atoms with Gasteiger partial charge in [0.1, 0.15) is 42.9 Å². The Morgan fingerprint density at radius 3 is 2.77 bits per heavy atom. The second-order valence-electron chi connectivity index (χ2n) is 12.1. The van der Waals surface area contributed by atoms with Crippen LogP contribution in [0.5, 0.6) is 0 Å². The van der Waals surface area contributed by atoms with Gasteiger partial charge in [-0.3, -0.25) is 18.9 Å². The number of methoxy groups -OCH3 is 1. The summed E-state index contributed by atoms with van der Waals surface area (Å²) in [5, 5.41) is 0. The van der Waals surface area contributed by atoms with Crippen molar-refractivity contribution in [1.82, 2.24) is 39.0 Å². The third kappa shape index (κ3) is 5.11. The Balaban J connectivity index is 1.15. The van der Waals surface area contributed by atoms with Gasteiger partial charge in [-0.2, -0.15) is 18.9 Å². The molecule has 4 aliphatic rings. The van der Waals surface area contributed by atoms with Crippen LogP contribution < -0.4 is 17.0 Å². The predicted octanol–water partition coefficient (Wildman–Crippen LogP) is 0.867. The molecule has 11 atom stereocenters. The summed E-state index contributed by atoms with van der Waals surface area (Å²) in [5.41, 5.74) is 11.7. The molecule has 7 N–H and O–H groups in total. The lowest BCUT2D eigenvalue weighted by molar-refractivity contribution is -0.0560. The lowest BCUT2D eigenvalue weighted by Crippen LogP contribution is -2.37. The average Bonchev–Trinajstić information content (AvgIpc) is 3.30. The van der Waals surface area contributed by atoms with Crippen molar-refractivity contribution in [2.45, 2.75) is 50.0 Å². The van der Waals surface area contributed by atoms with E-state index in [2.05, 4.69) is 42.2 Å². The van der Waals surface area contributed by atoms with Crippen molar-refractivity contribution in [3.05, 3.63) is 29.3 Å². The molecule has 47 heavy (non-hydrogen) atoms. The first kappa shape index (κ1) is 31.9. The molecule has 2 saturated heterocycles. The van der Waals surface area contributed by atoms with E-state index in [1.807, 2.05) is 11.5 Å². The van der Waals surface area contributed by atoms with Gasteiger partial charge in [-0.05, 0) is 24.1 Å². The van der Waals surface area contributed by atoms with Gasteiger partial charge in [-0.15, -0.1) is 0 Å². The van der Waals surface area contributed by atoms with Gasteiger partial charge >= 0.3 is 13.9 Å². The van der Waals surface area contributed by atoms with E-state index in [-0.39, 0.29) is 54.0 Å². The molecule has 4 aromatic heterocycles. The van der Waals surface area contributed by atoms with Gasteiger partial charge in [-0.25, -0.2) is 19.9 Å². The van der Waals surface area contributed by atoms with Crippen LogP contribution in [0.2, 0.25) is 0 Å². The number of imidazole rings is 2. The van der Waals surface area contributed by atoms with E-state index in [4.69, 9.17) is 50.8 Å². The van der Waals surface area contributed by atoms with Crippen molar-refractivity contribution in [1.29, 1.82) is 0 Å². The Morgan fingerprint density at radius 2 is 1.98 bits per heavy atom. The van der Waals surface area contributed by atoms with Gasteiger partial charge in [0.15, 0.2) is 28.9 Å². The molecule has 4 aromatic rings. The van der Waals surface area contributed by atoms with Crippen LogP contribution in [-0.2, 0) is 39.4 Å². The lowest BCUT2D eigenvalue weighted by Gasteiger charge is -2.30. The highest BCUT2D eigenvalue weighted by atomic mass is 32.7. The Hall–Kier alpha value is -2.39. The van der Waals surface area contributed by atoms with E-state index in [0.717, 1.165) is 0 Å². The number of nitrogens with zero attached hydrogens (tertiary/aromatic N) is 7. The van der Waals surface area contributed by atoms with Gasteiger partial charge in [0.25, 0.3) is 5.56 Å². The van der Waals surface area contributed by atoms with Crippen molar-refractivity contribution in [2.24, 2.45) is 17.3 Å². The third-order valence-corrected chi connectivity index (χ3v) is 12.7. The van der Waals surface area contributed by atoms with Gasteiger partial charge in [-0.1, -0.05) is 6.92 Å². The second kappa shape index (κ2) is 11.1. The molecular weight excluding hydrogens is 698 g/mol. The maximum absolute atomic E-state index is 12.5. The lowest BCUT2D eigenvalue weighted by atomic mass is 9.94. The van der Waals surface area contributed by atoms with Gasteiger partial charge in [0, 0.05) is 24.5 Å². The average molecular weight is 730 g/mol. The first-order valence-corrected chi connectivity index (χ1v) is 19.8. The summed E-state index contributed by atoms with van der Waals surface area (Å²) in [4.78, 5) is 59.1. The number of ether oxygens (including phenoxy) is 2. The van der Waals surface area contributed by atoms with Gasteiger partial charge < -0.3 is 34.9 Å². The van der Waals surface area contributed by atoms with Crippen molar-refractivity contribution >= 4 is 72.0 Å². The SMILES string of the molecule is CO[C@H]1[C@H]2OP(O)(=S)OCC34C[C@@H]3[C@@H](n3cnc5c(N)ncnc53)[C@H](C)[C@@H]4O[P+](O)(S)OC[C@H]1O[C@H]2n1cnc2c(=O)[nH]c(N)nc21. The number of aromatic amines is 1. The summed E-state index contributed by atoms with van der Waals surface area (Å²) in [6, 6.07) is -0.194. The first-order chi connectivity index (χ1) is 22.3. The zero-order valence-corrected chi connectivity index (χ0v) is 28.3. The number of anilines is 2. The van der Waals surface area contributed by atoms with Gasteiger partial charge in [0.05, 0.1) is 31.5 Å². The number of hydrogen-bond acceptors (Lipinski definition) is 17. The quantitative estimate of drug-likeness (QED) is 0.126. The fourth-order valence-electron chi connectivity index (χ4n) is 7.52. The van der Waals surface area contributed by atoms with Crippen LogP contribution in [0.15, 0.2) is 23.8 Å². The minimum atomic E-state index is -4.01. The standard InChI is InChI=1S/C24H30N10O9P2S2/c1-9-14(33-7-29-12-18(25)27-6-28-19(12)33)10-3-24(10)5-40-45(37,47)42-16-15(38-2)11(4-39-44(36,46)43-17(9)24)41-22(16)34-8-30-13-20(34)31-23(26)32-21(13)35/h6-11,14-17,22,36,46H,3-5H2,1-2H3,(H5-,25,26,27,28,31,32,35,37,47)/p+1/t9-,10+,11+,14-,15+,16+,17-,22+,24?,44?,45?/m0/s1. The van der Waals surface area contributed by atoms with Crippen molar-refractivity contribution < 1.29 is 37.4 Å². The number of rotatable bonds is 3. The number of thiol groups is 1. The van der Waals surface area contributed by atoms with Crippen LogP contribution in [0.3, 0.4) is 0 Å². The highest BCUT2D eigenvalue weighted by molar-refractivity contribution is 8.47. The van der Waals surface area contributed by atoms with Crippen LogP contribution in [0, 0.1) is 17.3 Å². The molecule has 3 unspecified atom stereocenters. The van der Waals surface area contributed by atoms with Crippen LogP contribution in [-0.4, -0.2) is 93.6 Å². The summed E-state index contributed by atoms with van der Waals surface area (Å²) in [5.74, 6) is -0.152. The van der Waals surface area contributed by atoms with E-state index in [1.165, 1.54) is 24.3 Å². The number of fused-ring (bicyclic) bond motifs is 4. The largest absolute Gasteiger partial charge is 0.475 e. The summed E-state index contributed by atoms with van der Waals surface area (Å²) < 4.78 is 39.9. The van der Waals surface area contributed by atoms with E-state index in [1.54, 1.807) is 6.33 Å². The molecule has 23 heteroatoms. The molecule has 0 radical (unpaired) electrons. The minimum Gasteiger partial charge on any atom is -0.382 e. The monoisotopic (exact) mass is 729 g/mol. The van der Waals surface area contributed by atoms with Crippen molar-refractivity contribution in [2.75, 3.05) is 31.8 Å². The minimum absolute atomic E-state index is 0.00278. The van der Waals surface area contributed by atoms with Gasteiger partial charge in [0.2, 0.25) is 5.95 Å². The van der Waals surface area contributed by atoms with Crippen molar-refractivity contribution in [3.8, 4) is 0 Å². The number of nitrogens with one attached hydrogen (secondary N) is 1. The molecule has 2 aliphatic heterocycles. The molecule has 8 rings (SSSR count). The third-order valence-electron chi connectivity index (χ3n) is 9.57. The van der Waals surface area contributed by atoms with Crippen LogP contribution in [0.1, 0.15) is 25.6 Å². The smallest absolute Gasteiger partial charge is 0.382 e. The maximum Gasteiger partial charge on any atom is 0.475 e. The molecule has 252 valence electrons. The molecule has 0 amide bonds. The Kier molecular flexibility index (Phi) is 7.50. The zero-order chi connectivity index (χ0) is 33.0. The topological polar surface area (TPSA) is 255 Å². The second-order valence-corrected chi connectivity index (χ2v) is 17.9. The summed E-state index contributed by atoms with van der Waals surface area (Å²) in [6.07, 6.45) is 0.368. The summed E-state index contributed by atoms with van der Waals surface area (Å²) in [6.45, 7) is -2.33. The van der Waals surface area contributed by atoms with Crippen molar-refractivity contribution in [3.63, 3.8) is 0 Å². The first-order valence-electron chi connectivity index (χ1n) is 14.5. The van der Waals surface area contributed by atoms with Crippen LogP contribution in [0.25, 0.3) is 22.3 Å². The Bertz CT molecular complexity index is 2000. The molecule has 1 spiro atoms. The maximum atomic E-state index is 12.5. The number of H-pyrrole nitrogens is 1. The fourth-order valence-corrected chi connectivity index (χ4v) is 10.6. The number of nitrogens with two attached hydrogens (primary N) is 2. The Morgan fingerprint density at radius 1 is 1.21 bits per heavy atom. The molecule has 2 bridgehead atoms. The van der Waals surface area contributed by atoms with E-state index >= 15 is 0 Å². The zero-order valence-electron chi connectivity index (χ0n) is 24.8. The molecule has 2 aliphatic carbocycles. The van der Waals surface area contributed by atoms with Crippen LogP contribution >= 0.6 is 26.1 Å². The molecule has 19 nitrogen and oxygen atoms in total. The van der Waals surface area contributed by atoms with E-state index in [0.29, 0.717) is 17.6 Å². The van der Waals surface area contributed by atoms with E-state index in [9.17, 15) is 14.6 Å². The Labute approximate surface area is 276 Å².